The first-order valence-corrected chi connectivity index (χ1v) is 5.48. The molecule has 0 aliphatic heterocycles. The van der Waals surface area contributed by atoms with Gasteiger partial charge in [0.25, 0.3) is 0 Å². The summed E-state index contributed by atoms with van der Waals surface area (Å²) >= 11 is 0. The molecular formula is C11H21N3O2. The zero-order valence-electron chi connectivity index (χ0n) is 10.7. The number of hydrogen-bond donors (Lipinski definition) is 1. The molecule has 0 saturated heterocycles. The van der Waals surface area contributed by atoms with Crippen LogP contribution in [0, 0.1) is 0 Å². The molecule has 0 spiro atoms. The van der Waals surface area contributed by atoms with Crippen molar-refractivity contribution in [1.29, 1.82) is 0 Å². The van der Waals surface area contributed by atoms with Crippen LogP contribution in [0.3, 0.4) is 0 Å². The molecule has 0 aliphatic rings. The van der Waals surface area contributed by atoms with Crippen LogP contribution in [0.15, 0.2) is 4.52 Å². The second-order valence-electron chi connectivity index (χ2n) is 4.92. The maximum atomic E-state index is 6.03. The number of nitrogens with zero attached hydrogens (tertiary/aromatic N) is 2. The summed E-state index contributed by atoms with van der Waals surface area (Å²) < 4.78 is 10.5. The van der Waals surface area contributed by atoms with E-state index in [1.807, 2.05) is 27.7 Å². The van der Waals surface area contributed by atoms with Crippen LogP contribution in [0.2, 0.25) is 0 Å². The fraction of sp³-hybridized carbons (Fsp3) is 0.818. The van der Waals surface area contributed by atoms with Crippen molar-refractivity contribution in [2.75, 3.05) is 7.11 Å². The van der Waals surface area contributed by atoms with Crippen LogP contribution in [-0.4, -0.2) is 22.9 Å². The minimum absolute atomic E-state index is 0.305. The highest BCUT2D eigenvalue weighted by atomic mass is 16.5. The monoisotopic (exact) mass is 227 g/mol. The molecule has 1 aromatic heterocycles. The van der Waals surface area contributed by atoms with Gasteiger partial charge in [0, 0.05) is 7.11 Å². The summed E-state index contributed by atoms with van der Waals surface area (Å²) in [6, 6.07) is 0. The third-order valence-electron chi connectivity index (χ3n) is 2.84. The van der Waals surface area contributed by atoms with Gasteiger partial charge in [-0.3, -0.25) is 0 Å². The van der Waals surface area contributed by atoms with Crippen LogP contribution in [0.25, 0.3) is 0 Å². The number of methoxy groups -OCH3 is 1. The van der Waals surface area contributed by atoms with E-state index in [-0.39, 0.29) is 5.60 Å². The average Bonchev–Trinajstić information content (AvgIpc) is 2.66. The van der Waals surface area contributed by atoms with Crippen molar-refractivity contribution in [3.8, 4) is 0 Å². The Balaban J connectivity index is 2.80. The lowest BCUT2D eigenvalue weighted by molar-refractivity contribution is 0.0170. The third-order valence-corrected chi connectivity index (χ3v) is 2.84. The maximum Gasteiger partial charge on any atom is 0.229 e. The number of rotatable bonds is 5. The van der Waals surface area contributed by atoms with Gasteiger partial charge in [0.1, 0.15) is 0 Å². The Bertz CT molecular complexity index is 345. The van der Waals surface area contributed by atoms with Gasteiger partial charge >= 0.3 is 0 Å². The van der Waals surface area contributed by atoms with Gasteiger partial charge in [-0.1, -0.05) is 12.1 Å². The van der Waals surface area contributed by atoms with Crippen molar-refractivity contribution in [3.05, 3.63) is 11.7 Å². The molecule has 1 atom stereocenters. The third kappa shape index (κ3) is 3.02. The van der Waals surface area contributed by atoms with Gasteiger partial charge in [0.2, 0.25) is 5.89 Å². The van der Waals surface area contributed by atoms with Gasteiger partial charge in [-0.25, -0.2) is 0 Å². The number of ether oxygens (including phenoxy) is 1. The molecule has 1 aromatic rings. The molecule has 0 aromatic carbocycles. The number of nitrogens with two attached hydrogens (primary N) is 1. The van der Waals surface area contributed by atoms with Gasteiger partial charge < -0.3 is 15.0 Å². The Morgan fingerprint density at radius 3 is 2.50 bits per heavy atom. The van der Waals surface area contributed by atoms with E-state index in [4.69, 9.17) is 15.0 Å². The SMILES string of the molecule is CCC(C)(N)c1noc(CC(C)(C)OC)n1. The molecular weight excluding hydrogens is 206 g/mol. The van der Waals surface area contributed by atoms with Crippen LogP contribution in [-0.2, 0) is 16.7 Å². The van der Waals surface area contributed by atoms with Gasteiger partial charge in [-0.05, 0) is 27.2 Å². The molecule has 1 heterocycles. The van der Waals surface area contributed by atoms with E-state index in [0.717, 1.165) is 6.42 Å². The van der Waals surface area contributed by atoms with Crippen LogP contribution in [0.4, 0.5) is 0 Å². The van der Waals surface area contributed by atoms with E-state index in [0.29, 0.717) is 18.1 Å². The van der Waals surface area contributed by atoms with Crippen LogP contribution < -0.4 is 5.73 Å². The summed E-state index contributed by atoms with van der Waals surface area (Å²) in [4.78, 5) is 4.30. The molecule has 0 saturated carbocycles. The molecule has 92 valence electrons. The van der Waals surface area contributed by atoms with Gasteiger partial charge in [-0.15, -0.1) is 0 Å². The zero-order chi connectivity index (χ0) is 12.4. The first-order chi connectivity index (χ1) is 7.30. The standard InChI is InChI=1S/C11H21N3O2/c1-6-11(4,12)9-13-8(16-14-9)7-10(2,3)15-5/h6-7,12H2,1-5H3. The summed E-state index contributed by atoms with van der Waals surface area (Å²) in [5.41, 5.74) is 5.20. The van der Waals surface area contributed by atoms with Crippen molar-refractivity contribution in [3.63, 3.8) is 0 Å². The Hall–Kier alpha value is -0.940. The fourth-order valence-electron chi connectivity index (χ4n) is 1.15. The normalized spacial score (nSPS) is 16.1. The molecule has 2 N–H and O–H groups in total. The van der Waals surface area contributed by atoms with Crippen molar-refractivity contribution < 1.29 is 9.26 Å². The van der Waals surface area contributed by atoms with Gasteiger partial charge in [-0.2, -0.15) is 4.98 Å². The van der Waals surface area contributed by atoms with Crippen molar-refractivity contribution in [2.45, 2.75) is 51.7 Å². The zero-order valence-corrected chi connectivity index (χ0v) is 10.7. The smallest absolute Gasteiger partial charge is 0.229 e. The lowest BCUT2D eigenvalue weighted by atomic mass is 10.00. The van der Waals surface area contributed by atoms with E-state index in [2.05, 4.69) is 10.1 Å². The van der Waals surface area contributed by atoms with E-state index in [1.54, 1.807) is 7.11 Å². The lowest BCUT2D eigenvalue weighted by Gasteiger charge is -2.20. The Kier molecular flexibility index (Phi) is 3.70. The van der Waals surface area contributed by atoms with Crippen LogP contribution in [0.5, 0.6) is 0 Å². The fourth-order valence-corrected chi connectivity index (χ4v) is 1.15. The highest BCUT2D eigenvalue weighted by molar-refractivity contribution is 5.02. The predicted octanol–water partition coefficient (Wildman–Crippen LogP) is 1.62. The van der Waals surface area contributed by atoms with Gasteiger partial charge in [0.15, 0.2) is 5.82 Å². The number of aromatic nitrogens is 2. The molecule has 5 nitrogen and oxygen atoms in total. The topological polar surface area (TPSA) is 74.2 Å². The summed E-state index contributed by atoms with van der Waals surface area (Å²) in [7, 11) is 1.66. The Labute approximate surface area is 96.4 Å². The summed E-state index contributed by atoms with van der Waals surface area (Å²) in [5.74, 6) is 1.11. The molecule has 1 rings (SSSR count). The molecule has 16 heavy (non-hydrogen) atoms. The van der Waals surface area contributed by atoms with Crippen molar-refractivity contribution in [1.82, 2.24) is 10.1 Å². The Morgan fingerprint density at radius 1 is 1.38 bits per heavy atom. The van der Waals surface area contributed by atoms with E-state index >= 15 is 0 Å². The second kappa shape index (κ2) is 4.51. The molecule has 0 bridgehead atoms. The quantitative estimate of drug-likeness (QED) is 0.827. The van der Waals surface area contributed by atoms with E-state index in [1.165, 1.54) is 0 Å². The Morgan fingerprint density at radius 2 is 2.00 bits per heavy atom. The van der Waals surface area contributed by atoms with Crippen LogP contribution >= 0.6 is 0 Å². The molecule has 0 fully saturated rings. The average molecular weight is 227 g/mol. The molecule has 0 amide bonds. The molecule has 0 radical (unpaired) electrons. The van der Waals surface area contributed by atoms with E-state index in [9.17, 15) is 0 Å². The molecule has 5 heteroatoms. The largest absolute Gasteiger partial charge is 0.378 e. The van der Waals surface area contributed by atoms with Crippen molar-refractivity contribution >= 4 is 0 Å². The second-order valence-corrected chi connectivity index (χ2v) is 4.92. The maximum absolute atomic E-state index is 6.03. The summed E-state index contributed by atoms with van der Waals surface area (Å²) in [6.45, 7) is 7.83. The van der Waals surface area contributed by atoms with Gasteiger partial charge in [0.05, 0.1) is 17.6 Å². The minimum Gasteiger partial charge on any atom is -0.378 e. The summed E-state index contributed by atoms with van der Waals surface area (Å²) in [5, 5.41) is 3.91. The minimum atomic E-state index is -0.529. The first-order valence-electron chi connectivity index (χ1n) is 5.48. The lowest BCUT2D eigenvalue weighted by Crippen LogP contribution is -2.33. The highest BCUT2D eigenvalue weighted by Gasteiger charge is 2.27. The molecule has 0 aliphatic carbocycles. The molecule has 1 unspecified atom stereocenters. The van der Waals surface area contributed by atoms with E-state index < -0.39 is 5.54 Å². The number of hydrogen-bond acceptors (Lipinski definition) is 5. The summed E-state index contributed by atoms with van der Waals surface area (Å²) in [6.07, 6.45) is 1.34. The van der Waals surface area contributed by atoms with Crippen molar-refractivity contribution in [2.24, 2.45) is 5.73 Å². The van der Waals surface area contributed by atoms with Crippen LogP contribution in [0.1, 0.15) is 45.8 Å². The highest BCUT2D eigenvalue weighted by Crippen LogP contribution is 2.20. The predicted molar refractivity (Wildman–Crippen MR) is 60.9 cm³/mol. The first kappa shape index (κ1) is 13.1.